The summed E-state index contributed by atoms with van der Waals surface area (Å²) in [5, 5.41) is 6.43. The highest BCUT2D eigenvalue weighted by Gasteiger charge is 2.12. The van der Waals surface area contributed by atoms with Gasteiger partial charge in [-0.15, -0.1) is 0 Å². The van der Waals surface area contributed by atoms with Crippen LogP contribution in [0.4, 0.5) is 0 Å². The maximum Gasteiger partial charge on any atom is 0.339 e. The molecule has 0 aromatic carbocycles. The van der Waals surface area contributed by atoms with E-state index in [0.29, 0.717) is 16.4 Å². The summed E-state index contributed by atoms with van der Waals surface area (Å²) in [7, 11) is 3.58. The average Bonchev–Trinajstić information content (AvgIpc) is 2.25. The number of H-pyrrole nitrogens is 1. The maximum absolute atomic E-state index is 11.2. The number of rotatable bonds is 5. The van der Waals surface area contributed by atoms with Gasteiger partial charge in [0.25, 0.3) is 0 Å². The van der Waals surface area contributed by atoms with E-state index in [0.717, 1.165) is 6.42 Å². The number of aromatic amines is 1. The summed E-state index contributed by atoms with van der Waals surface area (Å²) in [4.78, 5) is 25.9. The van der Waals surface area contributed by atoms with Gasteiger partial charge in [-0.2, -0.15) is 4.98 Å². The molecular weight excluding hydrogens is 240 g/mol. The second-order valence-corrected chi connectivity index (χ2v) is 5.46. The van der Waals surface area contributed by atoms with E-state index < -0.39 is 11.1 Å². The summed E-state index contributed by atoms with van der Waals surface area (Å²) in [5.74, 6) is 0. The van der Waals surface area contributed by atoms with Gasteiger partial charge in [0.1, 0.15) is 0 Å². The van der Waals surface area contributed by atoms with Crippen LogP contribution in [0.1, 0.15) is 20.3 Å². The van der Waals surface area contributed by atoms with Crippen molar-refractivity contribution in [1.29, 1.82) is 0 Å². The number of hydrogen-bond donors (Lipinski definition) is 2. The van der Waals surface area contributed by atoms with Crippen LogP contribution in [0.25, 0.3) is 0 Å². The Morgan fingerprint density at radius 1 is 1.47 bits per heavy atom. The normalized spacial score (nSPS) is 14.6. The van der Waals surface area contributed by atoms with Crippen LogP contribution < -0.4 is 16.4 Å². The van der Waals surface area contributed by atoms with Gasteiger partial charge in [-0.3, -0.25) is 19.4 Å². The van der Waals surface area contributed by atoms with Crippen LogP contribution in [0.15, 0.2) is 14.7 Å². The first-order chi connectivity index (χ1) is 7.93. The van der Waals surface area contributed by atoms with Crippen molar-refractivity contribution in [2.75, 3.05) is 7.05 Å². The minimum Gasteiger partial charge on any atom is -0.317 e. The number of aryl methyl sites for hydroxylation is 1. The van der Waals surface area contributed by atoms with E-state index >= 15 is 0 Å². The van der Waals surface area contributed by atoms with Gasteiger partial charge in [0, 0.05) is 18.3 Å². The molecule has 7 heteroatoms. The molecule has 2 atom stereocenters. The van der Waals surface area contributed by atoms with Gasteiger partial charge in [-0.05, 0) is 20.4 Å². The molecule has 0 spiro atoms. The number of nitrogens with zero attached hydrogens (tertiary/aromatic N) is 2. The first kappa shape index (κ1) is 14.0. The van der Waals surface area contributed by atoms with Gasteiger partial charge in [-0.25, -0.2) is 0 Å². The zero-order valence-corrected chi connectivity index (χ0v) is 11.3. The third kappa shape index (κ3) is 4.01. The van der Waals surface area contributed by atoms with Crippen molar-refractivity contribution < 1.29 is 0 Å². The molecular formula is C10H18N4O2S. The van der Waals surface area contributed by atoms with E-state index in [1.54, 1.807) is 7.05 Å². The van der Waals surface area contributed by atoms with Gasteiger partial charge < -0.3 is 5.32 Å². The van der Waals surface area contributed by atoms with Crippen molar-refractivity contribution in [2.45, 2.75) is 36.7 Å². The van der Waals surface area contributed by atoms with E-state index in [9.17, 15) is 9.59 Å². The molecule has 1 rings (SSSR count). The van der Waals surface area contributed by atoms with Crippen molar-refractivity contribution in [3.8, 4) is 0 Å². The summed E-state index contributed by atoms with van der Waals surface area (Å²) in [6.45, 7) is 4.16. The van der Waals surface area contributed by atoms with Gasteiger partial charge in [-0.1, -0.05) is 18.7 Å². The fourth-order valence-electron chi connectivity index (χ4n) is 1.41. The molecule has 2 N–H and O–H groups in total. The molecule has 0 bridgehead atoms. The van der Waals surface area contributed by atoms with Gasteiger partial charge in [0.2, 0.25) is 0 Å². The van der Waals surface area contributed by atoms with Crippen LogP contribution in [0, 0.1) is 0 Å². The molecule has 96 valence electrons. The van der Waals surface area contributed by atoms with Crippen LogP contribution >= 0.6 is 11.8 Å². The molecule has 1 aromatic rings. The lowest BCUT2D eigenvalue weighted by Crippen LogP contribution is -2.34. The van der Waals surface area contributed by atoms with Crippen LogP contribution in [0.3, 0.4) is 0 Å². The Balaban J connectivity index is 2.78. The molecule has 0 aliphatic rings. The Morgan fingerprint density at radius 2 is 2.12 bits per heavy atom. The number of hydrogen-bond acceptors (Lipinski definition) is 5. The zero-order chi connectivity index (χ0) is 13.0. The molecule has 1 aromatic heterocycles. The molecule has 0 saturated carbocycles. The molecule has 0 saturated heterocycles. The largest absolute Gasteiger partial charge is 0.339 e. The second-order valence-electron chi connectivity index (χ2n) is 4.05. The SMILES string of the molecule is CNC(C)CC(C)Sc1nc(=O)c(=O)[nH]n1C. The third-order valence-electron chi connectivity index (χ3n) is 2.43. The second kappa shape index (κ2) is 6.02. The average molecular weight is 258 g/mol. The summed E-state index contributed by atoms with van der Waals surface area (Å²) >= 11 is 1.48. The molecule has 0 aliphatic heterocycles. The highest BCUT2D eigenvalue weighted by atomic mass is 32.2. The predicted octanol–water partition coefficient (Wildman–Crippen LogP) is -0.0528. The van der Waals surface area contributed by atoms with Crippen molar-refractivity contribution in [2.24, 2.45) is 7.05 Å². The van der Waals surface area contributed by atoms with Crippen molar-refractivity contribution in [3.05, 3.63) is 20.7 Å². The highest BCUT2D eigenvalue weighted by Crippen LogP contribution is 2.22. The standard InChI is InChI=1S/C10H18N4O2S/c1-6(11-3)5-7(2)17-10-12-8(15)9(16)13-14(10)4/h6-7,11H,5H2,1-4H3,(H,13,16). The fourth-order valence-corrected chi connectivity index (χ4v) is 2.49. The summed E-state index contributed by atoms with van der Waals surface area (Å²) in [6, 6.07) is 0.400. The minimum atomic E-state index is -0.737. The Kier molecular flexibility index (Phi) is 4.95. The van der Waals surface area contributed by atoms with Crippen LogP contribution in [0.2, 0.25) is 0 Å². The predicted molar refractivity (Wildman–Crippen MR) is 68.6 cm³/mol. The monoisotopic (exact) mass is 258 g/mol. The van der Waals surface area contributed by atoms with E-state index in [1.807, 2.05) is 7.05 Å². The Morgan fingerprint density at radius 3 is 2.71 bits per heavy atom. The summed E-state index contributed by atoms with van der Waals surface area (Å²) in [6.07, 6.45) is 0.955. The minimum absolute atomic E-state index is 0.307. The maximum atomic E-state index is 11.2. The Hall–Kier alpha value is -1.08. The lowest BCUT2D eigenvalue weighted by Gasteiger charge is -2.16. The fraction of sp³-hybridized carbons (Fsp3) is 0.700. The van der Waals surface area contributed by atoms with Gasteiger partial charge in [0.15, 0.2) is 5.16 Å². The van der Waals surface area contributed by atoms with E-state index in [1.165, 1.54) is 16.4 Å². The van der Waals surface area contributed by atoms with Crippen LogP contribution in [0.5, 0.6) is 0 Å². The molecule has 6 nitrogen and oxygen atoms in total. The van der Waals surface area contributed by atoms with Crippen molar-refractivity contribution in [3.63, 3.8) is 0 Å². The smallest absolute Gasteiger partial charge is 0.317 e. The van der Waals surface area contributed by atoms with Crippen LogP contribution in [-0.2, 0) is 7.05 Å². The molecule has 17 heavy (non-hydrogen) atoms. The van der Waals surface area contributed by atoms with E-state index in [4.69, 9.17) is 0 Å². The van der Waals surface area contributed by atoms with Gasteiger partial charge in [0.05, 0.1) is 0 Å². The number of thioether (sulfide) groups is 1. The van der Waals surface area contributed by atoms with Gasteiger partial charge >= 0.3 is 11.1 Å². The summed E-state index contributed by atoms with van der Waals surface area (Å²) < 4.78 is 1.48. The first-order valence-electron chi connectivity index (χ1n) is 5.45. The number of nitrogens with one attached hydrogen (secondary N) is 2. The van der Waals surface area contributed by atoms with Crippen molar-refractivity contribution >= 4 is 11.8 Å². The quantitative estimate of drug-likeness (QED) is 0.571. The Bertz CT molecular complexity index is 482. The third-order valence-corrected chi connectivity index (χ3v) is 3.60. The van der Waals surface area contributed by atoms with Crippen molar-refractivity contribution in [1.82, 2.24) is 20.1 Å². The molecule has 0 radical (unpaired) electrons. The molecule has 1 heterocycles. The zero-order valence-electron chi connectivity index (χ0n) is 10.5. The van der Waals surface area contributed by atoms with E-state index in [2.05, 4.69) is 29.2 Å². The lowest BCUT2D eigenvalue weighted by molar-refractivity contribution is 0.558. The van der Waals surface area contributed by atoms with E-state index in [-0.39, 0.29) is 0 Å². The molecule has 2 unspecified atom stereocenters. The Labute approximate surface area is 104 Å². The summed E-state index contributed by atoms with van der Waals surface area (Å²) in [5.41, 5.74) is -1.42. The lowest BCUT2D eigenvalue weighted by atomic mass is 10.2. The highest BCUT2D eigenvalue weighted by molar-refractivity contribution is 7.99. The molecule has 0 amide bonds. The van der Waals surface area contributed by atoms with Crippen LogP contribution in [-0.4, -0.2) is 33.1 Å². The molecule has 0 aliphatic carbocycles. The topological polar surface area (TPSA) is 79.8 Å². The first-order valence-corrected chi connectivity index (χ1v) is 6.33. The molecule has 0 fully saturated rings. The number of aromatic nitrogens is 3.